The third kappa shape index (κ3) is 6.04. The maximum atomic E-state index is 16.5. The van der Waals surface area contributed by atoms with Crippen LogP contribution < -0.4 is 10.5 Å². The summed E-state index contributed by atoms with van der Waals surface area (Å²) in [5, 5.41) is 27.9. The minimum atomic E-state index is -3.67. The number of aliphatic hydroxyl groups excluding tert-OH is 1. The van der Waals surface area contributed by atoms with Crippen molar-refractivity contribution in [3.8, 4) is 5.69 Å². The average Bonchev–Trinajstić information content (AvgIpc) is 3.60. The second kappa shape index (κ2) is 13.6. The summed E-state index contributed by atoms with van der Waals surface area (Å²) in [6.45, 7) is 4.89. The summed E-state index contributed by atoms with van der Waals surface area (Å²) < 4.78 is 24.6. The number of non-ortho nitro benzene ring substituents is 1. The van der Waals surface area contributed by atoms with Crippen molar-refractivity contribution < 1.29 is 28.5 Å². The number of ether oxygens (including phenoxy) is 1. The van der Waals surface area contributed by atoms with Gasteiger partial charge in [0.2, 0.25) is 14.3 Å². The van der Waals surface area contributed by atoms with Crippen molar-refractivity contribution in [2.75, 3.05) is 11.5 Å². The van der Waals surface area contributed by atoms with Crippen LogP contribution in [0.15, 0.2) is 102 Å². The van der Waals surface area contributed by atoms with E-state index >= 15 is 4.11 Å². The van der Waals surface area contributed by atoms with Gasteiger partial charge in [-0.15, -0.1) is 0 Å². The van der Waals surface area contributed by atoms with E-state index < -0.39 is 48.4 Å². The van der Waals surface area contributed by atoms with Crippen molar-refractivity contribution >= 4 is 42.4 Å². The van der Waals surface area contributed by atoms with Gasteiger partial charge in [0, 0.05) is 41.1 Å². The molecule has 1 saturated heterocycles. The number of rotatable bonds is 8. The minimum Gasteiger partial charge on any atom is -0.394 e. The van der Waals surface area contributed by atoms with Gasteiger partial charge >= 0.3 is 0 Å². The number of carbonyl (C=O) groups is 2. The second-order valence-electron chi connectivity index (χ2n) is 15.3. The zero-order chi connectivity index (χ0) is 38.8. The van der Waals surface area contributed by atoms with Gasteiger partial charge in [-0.25, -0.2) is 0 Å². The minimum absolute atomic E-state index is 0.0535. The predicted octanol–water partition coefficient (Wildman–Crippen LogP) is 5.95. The zero-order valence-electron chi connectivity index (χ0n) is 30.6. The molecule has 2 amide bonds. The predicted molar refractivity (Wildman–Crippen MR) is 206 cm³/mol. The molecule has 14 heteroatoms. The molecular formula is C41H40FN5O7Si. The molecule has 0 aliphatic carbocycles. The first kappa shape index (κ1) is 36.4. The van der Waals surface area contributed by atoms with Gasteiger partial charge in [-0.05, 0) is 60.5 Å². The highest BCUT2D eigenvalue weighted by molar-refractivity contribution is 6.72. The van der Waals surface area contributed by atoms with Crippen LogP contribution >= 0.6 is 0 Å². The van der Waals surface area contributed by atoms with Crippen LogP contribution in [0.1, 0.15) is 35.6 Å². The van der Waals surface area contributed by atoms with E-state index in [4.69, 9.17) is 4.74 Å². The van der Waals surface area contributed by atoms with Crippen molar-refractivity contribution in [1.82, 2.24) is 14.7 Å². The lowest BCUT2D eigenvalue weighted by molar-refractivity contribution is -0.385. The molecule has 1 aromatic heterocycles. The van der Waals surface area contributed by atoms with E-state index in [1.807, 2.05) is 36.4 Å². The topological polar surface area (TPSA) is 148 Å². The summed E-state index contributed by atoms with van der Waals surface area (Å²) >= 11 is 0. The molecule has 3 aliphatic heterocycles. The smallest absolute Gasteiger partial charge is 0.279 e. The second-order valence-corrected chi connectivity index (χ2v) is 19.1. The Kier molecular flexibility index (Phi) is 9.02. The molecule has 1 N–H and O–H groups in total. The number of hydrogen-bond acceptors (Lipinski definition) is 8. The number of nitro groups is 1. The third-order valence-corrected chi connectivity index (χ3v) is 14.1. The fraction of sp³-hybridized carbons (Fsp3) is 0.317. The highest BCUT2D eigenvalue weighted by Gasteiger charge is 2.67. The molecule has 55 heavy (non-hydrogen) atoms. The number of nitro benzene ring substituents is 1. The van der Waals surface area contributed by atoms with Gasteiger partial charge in [-0.1, -0.05) is 61.5 Å². The number of halogens is 1. The first-order valence-corrected chi connectivity index (χ1v) is 21.3. The van der Waals surface area contributed by atoms with E-state index in [-0.39, 0.29) is 48.8 Å². The van der Waals surface area contributed by atoms with Crippen LogP contribution in [0.3, 0.4) is 0 Å². The number of aliphatic hydroxyl groups is 1. The Morgan fingerprint density at radius 2 is 1.75 bits per heavy atom. The SMILES string of the molecule is C[C@H]1[C@H]([Si](C)(C)F)[C@@H](CC(=O)N2Cc3ccccc3C[C@H]2CO)O[C@]12C(=O)N(Cc1ccc(-n3ncc4ccccc4c3=O)cc1)c1ccc([N+](=O)[O-])cc12. The Labute approximate surface area is 317 Å². The van der Waals surface area contributed by atoms with Gasteiger partial charge in [0.15, 0.2) is 5.60 Å². The third-order valence-electron chi connectivity index (χ3n) is 11.6. The van der Waals surface area contributed by atoms with Crippen molar-refractivity contribution in [3.63, 3.8) is 0 Å². The number of carbonyl (C=O) groups excluding carboxylic acids is 2. The molecule has 4 aromatic carbocycles. The normalized spacial score (nSPS) is 23.3. The van der Waals surface area contributed by atoms with E-state index in [0.717, 1.165) is 16.5 Å². The zero-order valence-corrected chi connectivity index (χ0v) is 31.6. The molecule has 4 heterocycles. The Morgan fingerprint density at radius 3 is 2.45 bits per heavy atom. The van der Waals surface area contributed by atoms with Crippen molar-refractivity contribution in [2.45, 2.75) is 69.2 Å². The maximum Gasteiger partial charge on any atom is 0.279 e. The quantitative estimate of drug-likeness (QED) is 0.0883. The molecular weight excluding hydrogens is 722 g/mol. The van der Waals surface area contributed by atoms with Crippen LogP contribution in [0.2, 0.25) is 18.6 Å². The number of nitrogens with zero attached hydrogens (tertiary/aromatic N) is 5. The molecule has 12 nitrogen and oxygen atoms in total. The molecule has 0 unspecified atom stereocenters. The van der Waals surface area contributed by atoms with Crippen LogP contribution in [0.5, 0.6) is 0 Å². The first-order valence-electron chi connectivity index (χ1n) is 18.3. The first-order chi connectivity index (χ1) is 26.3. The molecule has 0 radical (unpaired) electrons. The molecule has 1 fully saturated rings. The monoisotopic (exact) mass is 761 g/mol. The van der Waals surface area contributed by atoms with E-state index in [0.29, 0.717) is 28.7 Å². The van der Waals surface area contributed by atoms with Crippen molar-refractivity contribution in [2.24, 2.45) is 5.92 Å². The van der Waals surface area contributed by atoms with Crippen LogP contribution in [0.4, 0.5) is 15.5 Å². The van der Waals surface area contributed by atoms with Crippen LogP contribution in [0, 0.1) is 16.0 Å². The van der Waals surface area contributed by atoms with E-state index in [1.54, 1.807) is 54.4 Å². The summed E-state index contributed by atoms with van der Waals surface area (Å²) in [7, 11) is -3.67. The van der Waals surface area contributed by atoms with Gasteiger partial charge < -0.3 is 23.8 Å². The van der Waals surface area contributed by atoms with Crippen molar-refractivity contribution in [3.05, 3.63) is 140 Å². The Morgan fingerprint density at radius 1 is 1.04 bits per heavy atom. The standard InChI is InChI=1S/C41H40FN5O7Si/c1-25-38(55(2,3)42)36(20-37(49)44-23-29-10-5-4-8-27(29)18-32(44)24-48)54-41(25)34-19-31(47(52)53)16-17-35(34)45(40(41)51)22-26-12-14-30(15-13-26)46-39(50)33-11-7-6-9-28(33)21-43-46/h4-17,19,21,25,32,36,38,48H,18,20,22-24H2,1-3H3/t25-,32-,36+,38-,41+/m0/s1. The van der Waals surface area contributed by atoms with Crippen LogP contribution in [0.25, 0.3) is 16.5 Å². The Hall–Kier alpha value is -5.57. The molecule has 5 atom stereocenters. The van der Waals surface area contributed by atoms with Crippen LogP contribution in [-0.2, 0) is 39.4 Å². The van der Waals surface area contributed by atoms with E-state index in [1.165, 1.54) is 40.9 Å². The summed E-state index contributed by atoms with van der Waals surface area (Å²) in [5.41, 5.74) is 0.776. The number of anilines is 1. The van der Waals surface area contributed by atoms with Crippen LogP contribution in [-0.4, -0.2) is 63.7 Å². The number of hydrogen-bond donors (Lipinski definition) is 1. The van der Waals surface area contributed by atoms with Gasteiger partial charge in [-0.2, -0.15) is 9.78 Å². The molecule has 8 rings (SSSR count). The van der Waals surface area contributed by atoms with Gasteiger partial charge in [0.1, 0.15) is 0 Å². The Balaban J connectivity index is 1.13. The number of amides is 2. The van der Waals surface area contributed by atoms with Gasteiger partial charge in [0.05, 0.1) is 59.6 Å². The lowest BCUT2D eigenvalue weighted by Crippen LogP contribution is -2.48. The molecule has 0 bridgehead atoms. The highest BCUT2D eigenvalue weighted by Crippen LogP contribution is 2.60. The summed E-state index contributed by atoms with van der Waals surface area (Å²) in [6.07, 6.45) is 0.862. The summed E-state index contributed by atoms with van der Waals surface area (Å²) in [6, 6.07) is 25.6. The van der Waals surface area contributed by atoms with Crippen molar-refractivity contribution in [1.29, 1.82) is 0 Å². The maximum absolute atomic E-state index is 16.5. The summed E-state index contributed by atoms with van der Waals surface area (Å²) in [5.74, 6) is -1.60. The van der Waals surface area contributed by atoms with E-state index in [9.17, 15) is 29.6 Å². The fourth-order valence-electron chi connectivity index (χ4n) is 9.04. The van der Waals surface area contributed by atoms with E-state index in [2.05, 4.69) is 5.10 Å². The molecule has 1 spiro atoms. The molecule has 3 aliphatic rings. The Bertz CT molecular complexity index is 2420. The molecule has 0 saturated carbocycles. The fourth-order valence-corrected chi connectivity index (χ4v) is 11.5. The molecule has 5 aromatic rings. The number of fused-ring (bicyclic) bond motifs is 4. The van der Waals surface area contributed by atoms with Gasteiger partial charge in [0.25, 0.3) is 17.2 Å². The number of benzene rings is 4. The summed E-state index contributed by atoms with van der Waals surface area (Å²) in [4.78, 5) is 56.9. The largest absolute Gasteiger partial charge is 0.394 e. The lowest BCUT2D eigenvalue weighted by atomic mass is 9.82. The average molecular weight is 762 g/mol. The van der Waals surface area contributed by atoms with Gasteiger partial charge in [-0.3, -0.25) is 24.5 Å². The lowest BCUT2D eigenvalue weighted by Gasteiger charge is -2.37. The number of aromatic nitrogens is 2. The highest BCUT2D eigenvalue weighted by atomic mass is 28.4. The molecule has 282 valence electrons.